The topological polar surface area (TPSA) is 66.8 Å². The quantitative estimate of drug-likeness (QED) is 0.821. The van der Waals surface area contributed by atoms with Gasteiger partial charge in [0.2, 0.25) is 5.91 Å². The lowest BCUT2D eigenvalue weighted by Gasteiger charge is -2.25. The van der Waals surface area contributed by atoms with Gasteiger partial charge in [0, 0.05) is 6.54 Å². The lowest BCUT2D eigenvalue weighted by atomic mass is 9.94. The van der Waals surface area contributed by atoms with Crippen molar-refractivity contribution in [2.24, 2.45) is 11.8 Å². The number of carbonyl (C=O) groups is 2. The molecule has 2 fully saturated rings. The first-order valence-corrected chi connectivity index (χ1v) is 7.18. The predicted octanol–water partition coefficient (Wildman–Crippen LogP) is 1.51. The second-order valence-corrected chi connectivity index (χ2v) is 5.71. The lowest BCUT2D eigenvalue weighted by molar-refractivity contribution is -0.152. The minimum absolute atomic E-state index is 0.00176. The van der Waals surface area contributed by atoms with Crippen molar-refractivity contribution in [1.29, 1.82) is 0 Å². The van der Waals surface area contributed by atoms with Crippen LogP contribution in [0.2, 0.25) is 0 Å². The van der Waals surface area contributed by atoms with E-state index < -0.39 is 12.0 Å². The molecule has 1 saturated carbocycles. The Morgan fingerprint density at radius 1 is 1.42 bits per heavy atom. The van der Waals surface area contributed by atoms with E-state index in [1.54, 1.807) is 0 Å². The third-order valence-electron chi connectivity index (χ3n) is 4.53. The van der Waals surface area contributed by atoms with E-state index in [0.717, 1.165) is 25.7 Å². The normalized spacial score (nSPS) is 31.3. The highest BCUT2D eigenvalue weighted by atomic mass is 16.5. The van der Waals surface area contributed by atoms with Crippen molar-refractivity contribution in [1.82, 2.24) is 4.90 Å². The van der Waals surface area contributed by atoms with E-state index in [4.69, 9.17) is 4.74 Å². The summed E-state index contributed by atoms with van der Waals surface area (Å²) in [6, 6.07) is -0.638. The zero-order valence-electron chi connectivity index (χ0n) is 11.7. The predicted molar refractivity (Wildman–Crippen MR) is 69.7 cm³/mol. The Balaban J connectivity index is 1.98. The number of carbonyl (C=O) groups excluding carboxylic acids is 1. The number of ether oxygens (including phenoxy) is 1. The highest BCUT2D eigenvalue weighted by molar-refractivity contribution is 5.85. The Morgan fingerprint density at radius 2 is 2.16 bits per heavy atom. The van der Waals surface area contributed by atoms with Gasteiger partial charge in [0.15, 0.2) is 0 Å². The molecular formula is C14H23NO4. The molecule has 1 saturated heterocycles. The summed E-state index contributed by atoms with van der Waals surface area (Å²) in [5.41, 5.74) is 0. The minimum atomic E-state index is -0.869. The minimum Gasteiger partial charge on any atom is -0.480 e. The number of amides is 1. The van der Waals surface area contributed by atoms with Gasteiger partial charge in [0.1, 0.15) is 12.6 Å². The van der Waals surface area contributed by atoms with Gasteiger partial charge in [-0.3, -0.25) is 4.79 Å². The lowest BCUT2D eigenvalue weighted by Crippen LogP contribution is -2.45. The molecule has 2 rings (SSSR count). The Kier molecular flexibility index (Phi) is 4.45. The number of carboxylic acids is 1. The van der Waals surface area contributed by atoms with Crippen LogP contribution in [0.4, 0.5) is 0 Å². The molecule has 5 nitrogen and oxygen atoms in total. The van der Waals surface area contributed by atoms with Gasteiger partial charge in [-0.2, -0.15) is 0 Å². The van der Waals surface area contributed by atoms with E-state index in [2.05, 4.69) is 0 Å². The van der Waals surface area contributed by atoms with Crippen LogP contribution in [-0.2, 0) is 14.3 Å². The summed E-state index contributed by atoms with van der Waals surface area (Å²) >= 11 is 0. The van der Waals surface area contributed by atoms with E-state index in [1.165, 1.54) is 4.90 Å². The number of aliphatic carboxylic acids is 1. The summed E-state index contributed by atoms with van der Waals surface area (Å²) in [4.78, 5) is 25.1. The third-order valence-corrected chi connectivity index (χ3v) is 4.53. The van der Waals surface area contributed by atoms with E-state index in [9.17, 15) is 14.7 Å². The van der Waals surface area contributed by atoms with Crippen LogP contribution < -0.4 is 0 Å². The summed E-state index contributed by atoms with van der Waals surface area (Å²) in [6.45, 7) is 4.50. The van der Waals surface area contributed by atoms with Gasteiger partial charge in [0.05, 0.1) is 6.10 Å². The van der Waals surface area contributed by atoms with E-state index in [0.29, 0.717) is 12.5 Å². The van der Waals surface area contributed by atoms with Gasteiger partial charge in [0.25, 0.3) is 0 Å². The molecule has 1 N–H and O–H groups in total. The van der Waals surface area contributed by atoms with Crippen molar-refractivity contribution >= 4 is 11.9 Å². The fraction of sp³-hybridized carbons (Fsp3) is 0.857. The fourth-order valence-corrected chi connectivity index (χ4v) is 3.29. The fourth-order valence-electron chi connectivity index (χ4n) is 3.29. The smallest absolute Gasteiger partial charge is 0.326 e. The molecule has 0 aromatic heterocycles. The largest absolute Gasteiger partial charge is 0.480 e. The first-order valence-electron chi connectivity index (χ1n) is 7.18. The number of likely N-dealkylation sites (tertiary alicyclic amines) is 1. The molecule has 1 amide bonds. The van der Waals surface area contributed by atoms with Crippen LogP contribution in [0.1, 0.15) is 39.5 Å². The van der Waals surface area contributed by atoms with Crippen molar-refractivity contribution in [3.8, 4) is 0 Å². The van der Waals surface area contributed by atoms with E-state index in [-0.39, 0.29) is 24.5 Å². The van der Waals surface area contributed by atoms with Crippen molar-refractivity contribution in [2.45, 2.75) is 51.7 Å². The highest BCUT2D eigenvalue weighted by Crippen LogP contribution is 2.42. The molecule has 0 spiro atoms. The van der Waals surface area contributed by atoms with E-state index in [1.807, 2.05) is 13.8 Å². The number of hydrogen-bond acceptors (Lipinski definition) is 3. The second-order valence-electron chi connectivity index (χ2n) is 5.71. The number of hydrogen-bond donors (Lipinski definition) is 1. The molecule has 1 aliphatic heterocycles. The maximum absolute atomic E-state index is 12.1. The van der Waals surface area contributed by atoms with Crippen LogP contribution in [0.25, 0.3) is 0 Å². The van der Waals surface area contributed by atoms with Crippen LogP contribution in [0.3, 0.4) is 0 Å². The second kappa shape index (κ2) is 5.90. The Labute approximate surface area is 113 Å². The van der Waals surface area contributed by atoms with Crippen molar-refractivity contribution in [2.75, 3.05) is 13.2 Å². The number of nitrogens with zero attached hydrogens (tertiary/aromatic N) is 1. The number of rotatable bonds is 5. The molecule has 0 radical (unpaired) electrons. The zero-order chi connectivity index (χ0) is 14.0. The Morgan fingerprint density at radius 3 is 2.79 bits per heavy atom. The number of carboxylic acid groups (broad SMARTS) is 1. The average molecular weight is 269 g/mol. The SMILES string of the molecule is CCC(C)OCC(=O)N1CC2CCCC2C1C(=O)O. The average Bonchev–Trinajstić information content (AvgIpc) is 2.94. The summed E-state index contributed by atoms with van der Waals surface area (Å²) in [5.74, 6) is -0.535. The molecule has 4 unspecified atom stereocenters. The maximum Gasteiger partial charge on any atom is 0.326 e. The van der Waals surface area contributed by atoms with Crippen molar-refractivity contribution < 1.29 is 19.4 Å². The molecule has 19 heavy (non-hydrogen) atoms. The van der Waals surface area contributed by atoms with Gasteiger partial charge < -0.3 is 14.7 Å². The molecule has 1 heterocycles. The summed E-state index contributed by atoms with van der Waals surface area (Å²) < 4.78 is 5.43. The Bertz CT molecular complexity index is 357. The van der Waals surface area contributed by atoms with Crippen LogP contribution in [0, 0.1) is 11.8 Å². The van der Waals surface area contributed by atoms with Crippen LogP contribution in [-0.4, -0.2) is 47.2 Å². The molecule has 0 aromatic carbocycles. The Hall–Kier alpha value is -1.10. The van der Waals surface area contributed by atoms with Gasteiger partial charge >= 0.3 is 5.97 Å². The molecule has 0 aromatic rings. The first-order chi connectivity index (χ1) is 9.04. The summed E-state index contributed by atoms with van der Waals surface area (Å²) in [5, 5.41) is 9.37. The van der Waals surface area contributed by atoms with Crippen LogP contribution >= 0.6 is 0 Å². The first kappa shape index (κ1) is 14.3. The molecular weight excluding hydrogens is 246 g/mol. The monoisotopic (exact) mass is 269 g/mol. The maximum atomic E-state index is 12.1. The molecule has 0 bridgehead atoms. The van der Waals surface area contributed by atoms with Crippen molar-refractivity contribution in [3.63, 3.8) is 0 Å². The molecule has 5 heteroatoms. The van der Waals surface area contributed by atoms with Crippen LogP contribution in [0.15, 0.2) is 0 Å². The highest BCUT2D eigenvalue weighted by Gasteiger charge is 2.49. The number of fused-ring (bicyclic) bond motifs is 1. The third kappa shape index (κ3) is 2.91. The molecule has 4 atom stereocenters. The zero-order valence-corrected chi connectivity index (χ0v) is 11.7. The molecule has 1 aliphatic carbocycles. The van der Waals surface area contributed by atoms with E-state index >= 15 is 0 Å². The van der Waals surface area contributed by atoms with Gasteiger partial charge in [-0.05, 0) is 38.0 Å². The van der Waals surface area contributed by atoms with Gasteiger partial charge in [-0.1, -0.05) is 13.3 Å². The molecule has 108 valence electrons. The molecule has 2 aliphatic rings. The van der Waals surface area contributed by atoms with Crippen LogP contribution in [0.5, 0.6) is 0 Å². The summed E-state index contributed by atoms with van der Waals surface area (Å²) in [7, 11) is 0. The van der Waals surface area contributed by atoms with Gasteiger partial charge in [-0.15, -0.1) is 0 Å². The standard InChI is InChI=1S/C14H23NO4/c1-3-9(2)19-8-12(16)15-7-10-5-4-6-11(10)13(15)14(17)18/h9-11,13H,3-8H2,1-2H3,(H,17,18). The van der Waals surface area contributed by atoms with Crippen molar-refractivity contribution in [3.05, 3.63) is 0 Å². The van der Waals surface area contributed by atoms with Gasteiger partial charge in [-0.25, -0.2) is 4.79 Å². The summed E-state index contributed by atoms with van der Waals surface area (Å²) in [6.07, 6.45) is 3.95.